The Kier molecular flexibility index (Phi) is 3.58. The van der Waals surface area contributed by atoms with Crippen molar-refractivity contribution >= 4 is 5.97 Å². The molecule has 0 aliphatic carbocycles. The van der Waals surface area contributed by atoms with Gasteiger partial charge in [-0.2, -0.15) is 0 Å². The van der Waals surface area contributed by atoms with Gasteiger partial charge in [-0.15, -0.1) is 0 Å². The molecule has 0 amide bonds. The summed E-state index contributed by atoms with van der Waals surface area (Å²) in [4.78, 5) is 11.2. The molecule has 1 aliphatic heterocycles. The topological polar surface area (TPSA) is 48.1 Å². The van der Waals surface area contributed by atoms with Crippen LogP contribution in [0.4, 0.5) is 4.39 Å². The Morgan fingerprint density at radius 2 is 2.35 bits per heavy atom. The molecule has 92 valence electrons. The van der Waals surface area contributed by atoms with Gasteiger partial charge >= 0.3 is 5.97 Å². The fourth-order valence-electron chi connectivity index (χ4n) is 1.38. The number of halogens is 1. The van der Waals surface area contributed by atoms with Crippen molar-refractivity contribution < 1.29 is 23.4 Å². The van der Waals surface area contributed by atoms with Gasteiger partial charge in [-0.05, 0) is 6.07 Å². The third-order valence-electron chi connectivity index (χ3n) is 2.42. The highest BCUT2D eigenvalue weighted by Gasteiger charge is 2.23. The number of hydrogen-bond acceptors (Lipinski definition) is 4. The SMILES string of the molecule is COC(=O)Cc1ccc(F)cc1OCC1CO1. The summed E-state index contributed by atoms with van der Waals surface area (Å²) >= 11 is 0. The first kappa shape index (κ1) is 11.9. The van der Waals surface area contributed by atoms with Gasteiger partial charge in [0.25, 0.3) is 0 Å². The number of esters is 1. The van der Waals surface area contributed by atoms with Gasteiger partial charge in [-0.1, -0.05) is 6.07 Å². The number of hydrogen-bond donors (Lipinski definition) is 0. The summed E-state index contributed by atoms with van der Waals surface area (Å²) in [5, 5.41) is 0. The van der Waals surface area contributed by atoms with Gasteiger partial charge < -0.3 is 14.2 Å². The zero-order chi connectivity index (χ0) is 12.3. The van der Waals surface area contributed by atoms with Crippen molar-refractivity contribution in [1.29, 1.82) is 0 Å². The average molecular weight is 240 g/mol. The molecule has 0 bridgehead atoms. The first-order valence-electron chi connectivity index (χ1n) is 5.28. The Bertz CT molecular complexity index is 415. The molecule has 4 nitrogen and oxygen atoms in total. The van der Waals surface area contributed by atoms with Gasteiger partial charge in [0.05, 0.1) is 20.1 Å². The Labute approximate surface area is 98.3 Å². The maximum atomic E-state index is 13.1. The van der Waals surface area contributed by atoms with Crippen molar-refractivity contribution in [3.05, 3.63) is 29.6 Å². The maximum absolute atomic E-state index is 13.1. The van der Waals surface area contributed by atoms with Crippen LogP contribution in [-0.4, -0.2) is 32.4 Å². The van der Waals surface area contributed by atoms with Crippen molar-refractivity contribution in [3.8, 4) is 5.75 Å². The Morgan fingerprint density at radius 3 is 3.00 bits per heavy atom. The van der Waals surface area contributed by atoms with Crippen LogP contribution in [0.5, 0.6) is 5.75 Å². The molecule has 1 aromatic rings. The van der Waals surface area contributed by atoms with Crippen molar-refractivity contribution in [2.24, 2.45) is 0 Å². The van der Waals surface area contributed by atoms with E-state index in [1.54, 1.807) is 0 Å². The lowest BCUT2D eigenvalue weighted by Gasteiger charge is -2.10. The second-order valence-electron chi connectivity index (χ2n) is 3.77. The van der Waals surface area contributed by atoms with Gasteiger partial charge in [0.1, 0.15) is 24.3 Å². The molecule has 1 fully saturated rings. The van der Waals surface area contributed by atoms with E-state index in [0.717, 1.165) is 0 Å². The molecule has 17 heavy (non-hydrogen) atoms. The second kappa shape index (κ2) is 5.14. The predicted octanol–water partition coefficient (Wildman–Crippen LogP) is 1.32. The Hall–Kier alpha value is -1.62. The van der Waals surface area contributed by atoms with E-state index in [4.69, 9.17) is 9.47 Å². The van der Waals surface area contributed by atoms with E-state index in [9.17, 15) is 9.18 Å². The zero-order valence-corrected chi connectivity index (χ0v) is 9.44. The molecule has 0 aromatic heterocycles. The number of ether oxygens (including phenoxy) is 3. The van der Waals surface area contributed by atoms with Gasteiger partial charge in [0, 0.05) is 11.6 Å². The van der Waals surface area contributed by atoms with Gasteiger partial charge in [-0.25, -0.2) is 4.39 Å². The van der Waals surface area contributed by atoms with Gasteiger partial charge in [0.2, 0.25) is 0 Å². The molecule has 0 radical (unpaired) electrons. The largest absolute Gasteiger partial charge is 0.490 e. The lowest BCUT2D eigenvalue weighted by atomic mass is 10.1. The summed E-state index contributed by atoms with van der Waals surface area (Å²) in [5.41, 5.74) is 0.610. The summed E-state index contributed by atoms with van der Waals surface area (Å²) in [6.45, 7) is 1.04. The molecule has 0 saturated carbocycles. The Balaban J connectivity index is 2.08. The van der Waals surface area contributed by atoms with Crippen LogP contribution < -0.4 is 4.74 Å². The normalized spacial score (nSPS) is 17.6. The molecular formula is C12H13FO4. The Morgan fingerprint density at radius 1 is 1.59 bits per heavy atom. The number of carbonyl (C=O) groups is 1. The molecule has 1 heterocycles. The summed E-state index contributed by atoms with van der Waals surface area (Å²) in [5.74, 6) is -0.416. The third kappa shape index (κ3) is 3.42. The molecule has 1 aliphatic rings. The molecule has 2 rings (SSSR count). The van der Waals surface area contributed by atoms with Crippen LogP contribution in [0.1, 0.15) is 5.56 Å². The lowest BCUT2D eigenvalue weighted by molar-refractivity contribution is -0.139. The van der Waals surface area contributed by atoms with Gasteiger partial charge in [-0.3, -0.25) is 4.79 Å². The van der Waals surface area contributed by atoms with Crippen LogP contribution in [0, 0.1) is 5.82 Å². The maximum Gasteiger partial charge on any atom is 0.310 e. The quantitative estimate of drug-likeness (QED) is 0.575. The molecule has 0 N–H and O–H groups in total. The first-order valence-corrected chi connectivity index (χ1v) is 5.28. The fourth-order valence-corrected chi connectivity index (χ4v) is 1.38. The average Bonchev–Trinajstić information content (AvgIpc) is 3.13. The summed E-state index contributed by atoms with van der Waals surface area (Å²) in [6.07, 6.45) is 0.154. The van der Waals surface area contributed by atoms with Crippen molar-refractivity contribution in [2.75, 3.05) is 20.3 Å². The molecule has 0 spiro atoms. The van der Waals surface area contributed by atoms with E-state index in [2.05, 4.69) is 4.74 Å². The number of methoxy groups -OCH3 is 1. The number of epoxide rings is 1. The summed E-state index contributed by atoms with van der Waals surface area (Å²) < 4.78 is 28.1. The molecule has 1 unspecified atom stereocenters. The van der Waals surface area contributed by atoms with Crippen LogP contribution in [0.2, 0.25) is 0 Å². The van der Waals surface area contributed by atoms with E-state index < -0.39 is 5.82 Å². The van der Waals surface area contributed by atoms with Crippen LogP contribution in [0.15, 0.2) is 18.2 Å². The highest BCUT2D eigenvalue weighted by molar-refractivity contribution is 5.73. The molecule has 5 heteroatoms. The second-order valence-corrected chi connectivity index (χ2v) is 3.77. The highest BCUT2D eigenvalue weighted by atomic mass is 19.1. The standard InChI is InChI=1S/C12H13FO4/c1-15-12(14)4-8-2-3-9(13)5-11(8)17-7-10-6-16-10/h2-3,5,10H,4,6-7H2,1H3. The fraction of sp³-hybridized carbons (Fsp3) is 0.417. The molecule has 1 saturated heterocycles. The van der Waals surface area contributed by atoms with E-state index in [1.165, 1.54) is 25.3 Å². The van der Waals surface area contributed by atoms with Crippen molar-refractivity contribution in [1.82, 2.24) is 0 Å². The first-order chi connectivity index (χ1) is 8.19. The number of benzene rings is 1. The van der Waals surface area contributed by atoms with Crippen LogP contribution in [0.3, 0.4) is 0 Å². The molecule has 1 aromatic carbocycles. The minimum absolute atomic E-state index is 0.0671. The minimum Gasteiger partial charge on any atom is -0.490 e. The van der Waals surface area contributed by atoms with Crippen LogP contribution >= 0.6 is 0 Å². The third-order valence-corrected chi connectivity index (χ3v) is 2.42. The van der Waals surface area contributed by atoms with Crippen molar-refractivity contribution in [3.63, 3.8) is 0 Å². The number of rotatable bonds is 5. The van der Waals surface area contributed by atoms with E-state index in [-0.39, 0.29) is 18.5 Å². The summed E-state index contributed by atoms with van der Waals surface area (Å²) in [7, 11) is 1.31. The van der Waals surface area contributed by atoms with E-state index >= 15 is 0 Å². The van der Waals surface area contributed by atoms with Crippen LogP contribution in [0.25, 0.3) is 0 Å². The van der Waals surface area contributed by atoms with Gasteiger partial charge in [0.15, 0.2) is 0 Å². The lowest BCUT2D eigenvalue weighted by Crippen LogP contribution is -2.09. The smallest absolute Gasteiger partial charge is 0.310 e. The monoisotopic (exact) mass is 240 g/mol. The van der Waals surface area contributed by atoms with E-state index in [0.29, 0.717) is 24.5 Å². The summed E-state index contributed by atoms with van der Waals surface area (Å²) in [6, 6.07) is 4.08. The highest BCUT2D eigenvalue weighted by Crippen LogP contribution is 2.22. The van der Waals surface area contributed by atoms with E-state index in [1.807, 2.05) is 0 Å². The molecule has 1 atom stereocenters. The number of carbonyl (C=O) groups excluding carboxylic acids is 1. The predicted molar refractivity (Wildman–Crippen MR) is 57.4 cm³/mol. The minimum atomic E-state index is -0.398. The molecular weight excluding hydrogens is 227 g/mol. The van der Waals surface area contributed by atoms with Crippen LogP contribution in [-0.2, 0) is 20.7 Å². The van der Waals surface area contributed by atoms with Crippen molar-refractivity contribution in [2.45, 2.75) is 12.5 Å². The zero-order valence-electron chi connectivity index (χ0n) is 9.44.